The lowest BCUT2D eigenvalue weighted by atomic mass is 10.1. The number of carbonyl (C=O) groups excluding carboxylic acids is 1. The standard InChI is InChI=1S/C25H19BrCl2FN3O2/c1-15-10-24(31-32(15)13-18-6-8-20(29)12-21(18)27)30-25(33)17-4-2-16(3-5-17)14-34-23-9-7-19(26)11-22(23)28/h2-12H,13-14H2,1H3,(H,30,31,33). The summed E-state index contributed by atoms with van der Waals surface area (Å²) in [5.74, 6) is 0.319. The maximum atomic E-state index is 13.3. The van der Waals surface area contributed by atoms with Crippen LogP contribution in [0.25, 0.3) is 0 Å². The van der Waals surface area contributed by atoms with Gasteiger partial charge in [-0.2, -0.15) is 5.10 Å². The Balaban J connectivity index is 1.37. The Kier molecular flexibility index (Phi) is 7.56. The molecule has 34 heavy (non-hydrogen) atoms. The molecule has 174 valence electrons. The van der Waals surface area contributed by atoms with Gasteiger partial charge in [0.15, 0.2) is 5.82 Å². The molecule has 0 saturated heterocycles. The molecule has 1 aromatic heterocycles. The second-order valence-corrected chi connectivity index (χ2v) is 9.31. The van der Waals surface area contributed by atoms with Gasteiger partial charge in [-0.3, -0.25) is 9.48 Å². The zero-order valence-electron chi connectivity index (χ0n) is 18.0. The number of carbonyl (C=O) groups is 1. The van der Waals surface area contributed by atoms with Gasteiger partial charge in [0.25, 0.3) is 5.91 Å². The van der Waals surface area contributed by atoms with E-state index in [9.17, 15) is 9.18 Å². The maximum Gasteiger partial charge on any atom is 0.256 e. The third-order valence-corrected chi connectivity index (χ3v) is 6.20. The van der Waals surface area contributed by atoms with E-state index in [-0.39, 0.29) is 5.91 Å². The lowest BCUT2D eigenvalue weighted by Crippen LogP contribution is -2.13. The normalized spacial score (nSPS) is 10.9. The number of aryl methyl sites for hydroxylation is 1. The summed E-state index contributed by atoms with van der Waals surface area (Å²) >= 11 is 15.7. The zero-order chi connectivity index (χ0) is 24.2. The quantitative estimate of drug-likeness (QED) is 0.257. The Labute approximate surface area is 214 Å². The van der Waals surface area contributed by atoms with Gasteiger partial charge in [0, 0.05) is 26.8 Å². The van der Waals surface area contributed by atoms with Crippen molar-refractivity contribution in [2.24, 2.45) is 0 Å². The number of hydrogen-bond acceptors (Lipinski definition) is 3. The summed E-state index contributed by atoms with van der Waals surface area (Å²) in [6.07, 6.45) is 0. The van der Waals surface area contributed by atoms with Crippen LogP contribution in [0, 0.1) is 12.7 Å². The van der Waals surface area contributed by atoms with Crippen LogP contribution in [0.2, 0.25) is 10.0 Å². The Morgan fingerprint density at radius 2 is 1.82 bits per heavy atom. The van der Waals surface area contributed by atoms with Crippen LogP contribution in [0.15, 0.2) is 71.2 Å². The van der Waals surface area contributed by atoms with Gasteiger partial charge in [0.1, 0.15) is 18.2 Å². The number of nitrogens with zero attached hydrogens (tertiary/aromatic N) is 2. The minimum absolute atomic E-state index is 0.284. The van der Waals surface area contributed by atoms with Crippen molar-refractivity contribution in [3.05, 3.63) is 109 Å². The monoisotopic (exact) mass is 561 g/mol. The van der Waals surface area contributed by atoms with Crippen molar-refractivity contribution in [3.63, 3.8) is 0 Å². The highest BCUT2D eigenvalue weighted by Gasteiger charge is 2.12. The topological polar surface area (TPSA) is 56.1 Å². The number of amides is 1. The minimum atomic E-state index is -0.395. The number of anilines is 1. The molecule has 0 saturated carbocycles. The van der Waals surface area contributed by atoms with Crippen molar-refractivity contribution in [2.75, 3.05) is 5.32 Å². The first-order valence-corrected chi connectivity index (χ1v) is 11.8. The summed E-state index contributed by atoms with van der Waals surface area (Å²) in [5, 5.41) is 8.07. The zero-order valence-corrected chi connectivity index (χ0v) is 21.1. The molecule has 1 heterocycles. The van der Waals surface area contributed by atoms with E-state index in [1.807, 2.05) is 25.1 Å². The highest BCUT2D eigenvalue weighted by molar-refractivity contribution is 9.10. The molecular weight excluding hydrogens is 544 g/mol. The first-order chi connectivity index (χ1) is 16.3. The van der Waals surface area contributed by atoms with E-state index in [0.717, 1.165) is 21.3 Å². The summed E-state index contributed by atoms with van der Waals surface area (Å²) in [6, 6.07) is 18.5. The molecule has 0 spiro atoms. The molecule has 0 aliphatic carbocycles. The average Bonchev–Trinajstić information content (AvgIpc) is 3.14. The van der Waals surface area contributed by atoms with Gasteiger partial charge >= 0.3 is 0 Å². The molecule has 3 aromatic carbocycles. The fourth-order valence-electron chi connectivity index (χ4n) is 3.24. The largest absolute Gasteiger partial charge is 0.487 e. The van der Waals surface area contributed by atoms with E-state index in [2.05, 4.69) is 26.3 Å². The number of aromatic nitrogens is 2. The van der Waals surface area contributed by atoms with Crippen LogP contribution in [-0.2, 0) is 13.2 Å². The molecular formula is C25H19BrCl2FN3O2. The van der Waals surface area contributed by atoms with E-state index in [0.29, 0.717) is 40.3 Å². The fraction of sp³-hybridized carbons (Fsp3) is 0.120. The van der Waals surface area contributed by atoms with Crippen molar-refractivity contribution in [2.45, 2.75) is 20.1 Å². The second-order valence-electron chi connectivity index (χ2n) is 7.58. The molecule has 5 nitrogen and oxygen atoms in total. The Morgan fingerprint density at radius 1 is 1.06 bits per heavy atom. The molecule has 4 aromatic rings. The summed E-state index contributed by atoms with van der Waals surface area (Å²) in [7, 11) is 0. The second kappa shape index (κ2) is 10.6. The molecule has 0 aliphatic heterocycles. The van der Waals surface area contributed by atoms with Crippen LogP contribution < -0.4 is 10.1 Å². The predicted molar refractivity (Wildman–Crippen MR) is 135 cm³/mol. The molecule has 0 atom stereocenters. The number of benzene rings is 3. The van der Waals surface area contributed by atoms with E-state index in [1.165, 1.54) is 12.1 Å². The van der Waals surface area contributed by atoms with Gasteiger partial charge in [-0.15, -0.1) is 0 Å². The predicted octanol–water partition coefficient (Wildman–Crippen LogP) is 7.28. The van der Waals surface area contributed by atoms with E-state index < -0.39 is 5.82 Å². The first-order valence-electron chi connectivity index (χ1n) is 10.2. The number of halogens is 4. The molecule has 0 radical (unpaired) electrons. The van der Waals surface area contributed by atoms with Crippen LogP contribution in [-0.4, -0.2) is 15.7 Å². The Bertz CT molecular complexity index is 1340. The van der Waals surface area contributed by atoms with Crippen molar-refractivity contribution < 1.29 is 13.9 Å². The van der Waals surface area contributed by atoms with Crippen molar-refractivity contribution in [1.29, 1.82) is 0 Å². The van der Waals surface area contributed by atoms with Gasteiger partial charge in [0.2, 0.25) is 0 Å². The SMILES string of the molecule is Cc1cc(NC(=O)c2ccc(COc3ccc(Br)cc3Cl)cc2)nn1Cc1ccc(F)cc1Cl. The van der Waals surface area contributed by atoms with Crippen LogP contribution in [0.3, 0.4) is 0 Å². The third kappa shape index (κ3) is 5.97. The van der Waals surface area contributed by atoms with Gasteiger partial charge in [-0.25, -0.2) is 4.39 Å². The lowest BCUT2D eigenvalue weighted by Gasteiger charge is -2.09. The molecule has 1 N–H and O–H groups in total. The van der Waals surface area contributed by atoms with Crippen LogP contribution in [0.5, 0.6) is 5.75 Å². The van der Waals surface area contributed by atoms with Crippen molar-refractivity contribution in [3.8, 4) is 5.75 Å². The van der Waals surface area contributed by atoms with Gasteiger partial charge in [-0.05, 0) is 60.5 Å². The maximum absolute atomic E-state index is 13.3. The summed E-state index contributed by atoms with van der Waals surface area (Å²) in [6.45, 7) is 2.54. The van der Waals surface area contributed by atoms with Crippen LogP contribution in [0.4, 0.5) is 10.2 Å². The number of nitrogens with one attached hydrogen (secondary N) is 1. The molecule has 9 heteroatoms. The van der Waals surface area contributed by atoms with Crippen molar-refractivity contribution in [1.82, 2.24) is 9.78 Å². The van der Waals surface area contributed by atoms with Gasteiger partial charge in [0.05, 0.1) is 11.6 Å². The lowest BCUT2D eigenvalue weighted by molar-refractivity contribution is 0.102. The highest BCUT2D eigenvalue weighted by atomic mass is 79.9. The highest BCUT2D eigenvalue weighted by Crippen LogP contribution is 2.28. The van der Waals surface area contributed by atoms with Crippen LogP contribution in [0.1, 0.15) is 27.2 Å². The Hall–Kier alpha value is -2.87. The number of rotatable bonds is 7. The molecule has 1 amide bonds. The van der Waals surface area contributed by atoms with Gasteiger partial charge in [-0.1, -0.05) is 57.3 Å². The van der Waals surface area contributed by atoms with E-state index >= 15 is 0 Å². The smallest absolute Gasteiger partial charge is 0.256 e. The minimum Gasteiger partial charge on any atom is -0.487 e. The fourth-order valence-corrected chi connectivity index (χ4v) is 4.19. The van der Waals surface area contributed by atoms with Crippen LogP contribution >= 0.6 is 39.1 Å². The average molecular weight is 563 g/mol. The number of ether oxygens (including phenoxy) is 1. The molecule has 0 fully saturated rings. The van der Waals surface area contributed by atoms with E-state index in [1.54, 1.807) is 41.1 Å². The molecule has 0 bridgehead atoms. The summed E-state index contributed by atoms with van der Waals surface area (Å²) in [4.78, 5) is 12.7. The Morgan fingerprint density at radius 3 is 2.53 bits per heavy atom. The third-order valence-electron chi connectivity index (χ3n) is 5.06. The molecule has 0 unspecified atom stereocenters. The summed E-state index contributed by atoms with van der Waals surface area (Å²) < 4.78 is 21.6. The van der Waals surface area contributed by atoms with Gasteiger partial charge < -0.3 is 10.1 Å². The van der Waals surface area contributed by atoms with E-state index in [4.69, 9.17) is 27.9 Å². The van der Waals surface area contributed by atoms with Crippen molar-refractivity contribution >= 4 is 50.9 Å². The summed E-state index contributed by atoms with van der Waals surface area (Å²) in [5.41, 5.74) is 2.94. The first kappa shape index (κ1) is 24.3. The number of hydrogen-bond donors (Lipinski definition) is 1. The molecule has 0 aliphatic rings. The molecule has 4 rings (SSSR count).